The first-order valence-corrected chi connectivity index (χ1v) is 6.17. The topological polar surface area (TPSA) is 56.8 Å². The van der Waals surface area contributed by atoms with Crippen LogP contribution in [0.15, 0.2) is 18.2 Å². The smallest absolute Gasteiger partial charge is 0.412 e. The average Bonchev–Trinajstić information content (AvgIpc) is 2.67. The molecule has 0 radical (unpaired) electrons. The van der Waals surface area contributed by atoms with Crippen molar-refractivity contribution in [3.8, 4) is 17.2 Å². The normalized spacial score (nSPS) is 21.1. The standard InChI is InChI=1S/C14H19NO4/c1-13(2,3)14(4)18-10-8-6-7-9(11(10)19-14)17-12(16)15-5/h6-8H,1-5H3,(H,15,16). The van der Waals surface area contributed by atoms with Crippen LogP contribution in [0.3, 0.4) is 0 Å². The fourth-order valence-corrected chi connectivity index (χ4v) is 1.64. The fraction of sp³-hybridized carbons (Fsp3) is 0.500. The Labute approximate surface area is 112 Å². The molecule has 0 spiro atoms. The number of para-hydroxylation sites is 1. The molecule has 1 heterocycles. The number of nitrogens with one attached hydrogen (secondary N) is 1. The summed E-state index contributed by atoms with van der Waals surface area (Å²) in [5.74, 6) is 0.601. The highest BCUT2D eigenvalue weighted by molar-refractivity contribution is 5.72. The lowest BCUT2D eigenvalue weighted by molar-refractivity contribution is -0.143. The number of ether oxygens (including phenoxy) is 3. The molecule has 104 valence electrons. The van der Waals surface area contributed by atoms with Crippen LogP contribution in [-0.2, 0) is 0 Å². The molecule has 1 aliphatic heterocycles. The van der Waals surface area contributed by atoms with Crippen LogP contribution < -0.4 is 19.5 Å². The van der Waals surface area contributed by atoms with Crippen LogP contribution >= 0.6 is 0 Å². The number of carbonyl (C=O) groups excluding carboxylic acids is 1. The quantitative estimate of drug-likeness (QED) is 0.848. The molecule has 5 heteroatoms. The number of rotatable bonds is 1. The Morgan fingerprint density at radius 3 is 2.58 bits per heavy atom. The van der Waals surface area contributed by atoms with Crippen LogP contribution in [0.4, 0.5) is 4.79 Å². The highest BCUT2D eigenvalue weighted by Crippen LogP contribution is 2.50. The first kappa shape index (κ1) is 13.5. The van der Waals surface area contributed by atoms with Gasteiger partial charge in [-0.15, -0.1) is 0 Å². The molecule has 1 unspecified atom stereocenters. The van der Waals surface area contributed by atoms with Gasteiger partial charge in [-0.1, -0.05) is 26.8 Å². The predicted molar refractivity (Wildman–Crippen MR) is 70.6 cm³/mol. The lowest BCUT2D eigenvalue weighted by atomic mass is 9.87. The van der Waals surface area contributed by atoms with Gasteiger partial charge < -0.3 is 19.5 Å². The summed E-state index contributed by atoms with van der Waals surface area (Å²) in [4.78, 5) is 11.3. The van der Waals surface area contributed by atoms with Crippen LogP contribution in [0.25, 0.3) is 0 Å². The lowest BCUT2D eigenvalue weighted by Gasteiger charge is -2.35. The summed E-state index contributed by atoms with van der Waals surface area (Å²) in [6.07, 6.45) is -0.540. The van der Waals surface area contributed by atoms with Gasteiger partial charge in [-0.05, 0) is 12.1 Å². The monoisotopic (exact) mass is 265 g/mol. The van der Waals surface area contributed by atoms with Crippen LogP contribution in [-0.4, -0.2) is 18.9 Å². The Hall–Kier alpha value is -1.91. The molecule has 1 atom stereocenters. The average molecular weight is 265 g/mol. The van der Waals surface area contributed by atoms with Gasteiger partial charge in [0, 0.05) is 19.4 Å². The number of carbonyl (C=O) groups is 1. The van der Waals surface area contributed by atoms with Gasteiger partial charge in [0.15, 0.2) is 11.5 Å². The Balaban J connectivity index is 2.33. The highest BCUT2D eigenvalue weighted by atomic mass is 16.7. The maximum absolute atomic E-state index is 11.3. The fourth-order valence-electron chi connectivity index (χ4n) is 1.64. The van der Waals surface area contributed by atoms with Crippen molar-refractivity contribution in [3.05, 3.63) is 18.2 Å². The van der Waals surface area contributed by atoms with Gasteiger partial charge in [-0.2, -0.15) is 0 Å². The van der Waals surface area contributed by atoms with E-state index in [1.165, 1.54) is 7.05 Å². The van der Waals surface area contributed by atoms with Crippen LogP contribution in [0.1, 0.15) is 27.7 Å². The third kappa shape index (κ3) is 2.32. The second-order valence-corrected chi connectivity index (χ2v) is 5.62. The molecular weight excluding hydrogens is 246 g/mol. The minimum Gasteiger partial charge on any atom is -0.448 e. The van der Waals surface area contributed by atoms with Gasteiger partial charge in [-0.3, -0.25) is 0 Å². The minimum absolute atomic E-state index is 0.226. The van der Waals surface area contributed by atoms with E-state index in [1.807, 2.05) is 27.7 Å². The summed E-state index contributed by atoms with van der Waals surface area (Å²) < 4.78 is 16.9. The second kappa shape index (κ2) is 4.33. The molecule has 1 aliphatic rings. The highest BCUT2D eigenvalue weighted by Gasteiger charge is 2.48. The van der Waals surface area contributed by atoms with E-state index in [2.05, 4.69) is 5.32 Å². The Morgan fingerprint density at radius 1 is 1.32 bits per heavy atom. The first-order valence-electron chi connectivity index (χ1n) is 6.17. The molecule has 0 aromatic heterocycles. The third-order valence-corrected chi connectivity index (χ3v) is 3.31. The molecule has 19 heavy (non-hydrogen) atoms. The van der Waals surface area contributed by atoms with Gasteiger partial charge in [-0.25, -0.2) is 4.79 Å². The zero-order valence-corrected chi connectivity index (χ0v) is 11.9. The second-order valence-electron chi connectivity index (χ2n) is 5.62. The van der Waals surface area contributed by atoms with Crippen LogP contribution in [0, 0.1) is 5.41 Å². The molecule has 0 saturated heterocycles. The van der Waals surface area contributed by atoms with E-state index >= 15 is 0 Å². The van der Waals surface area contributed by atoms with Crippen molar-refractivity contribution in [1.82, 2.24) is 5.32 Å². The summed E-state index contributed by atoms with van der Waals surface area (Å²) in [6.45, 7) is 7.95. The molecule has 0 bridgehead atoms. The maximum Gasteiger partial charge on any atom is 0.412 e. The van der Waals surface area contributed by atoms with E-state index in [0.29, 0.717) is 17.2 Å². The largest absolute Gasteiger partial charge is 0.448 e. The summed E-state index contributed by atoms with van der Waals surface area (Å²) in [5.41, 5.74) is -0.226. The first-order chi connectivity index (χ1) is 8.77. The van der Waals surface area contributed by atoms with Gasteiger partial charge >= 0.3 is 6.09 Å². The van der Waals surface area contributed by atoms with E-state index < -0.39 is 11.9 Å². The Bertz CT molecular complexity index is 507. The van der Waals surface area contributed by atoms with Crippen molar-refractivity contribution in [2.45, 2.75) is 33.5 Å². The predicted octanol–water partition coefficient (Wildman–Crippen LogP) is 2.94. The third-order valence-electron chi connectivity index (χ3n) is 3.31. The van der Waals surface area contributed by atoms with Crippen molar-refractivity contribution < 1.29 is 19.0 Å². The van der Waals surface area contributed by atoms with Crippen LogP contribution in [0.2, 0.25) is 0 Å². The molecule has 2 rings (SSSR count). The molecule has 0 saturated carbocycles. The molecule has 0 aliphatic carbocycles. The van der Waals surface area contributed by atoms with Crippen LogP contribution in [0.5, 0.6) is 17.2 Å². The molecule has 5 nitrogen and oxygen atoms in total. The maximum atomic E-state index is 11.3. The Kier molecular flexibility index (Phi) is 3.08. The number of fused-ring (bicyclic) bond motifs is 1. The number of hydrogen-bond acceptors (Lipinski definition) is 4. The molecule has 1 N–H and O–H groups in total. The van der Waals surface area contributed by atoms with Crippen molar-refractivity contribution >= 4 is 6.09 Å². The number of benzene rings is 1. The zero-order valence-electron chi connectivity index (χ0n) is 11.9. The zero-order chi connectivity index (χ0) is 14.3. The number of hydrogen-bond donors (Lipinski definition) is 1. The summed E-state index contributed by atoms with van der Waals surface area (Å²) >= 11 is 0. The molecular formula is C14H19NO4. The summed E-state index contributed by atoms with van der Waals surface area (Å²) in [5, 5.41) is 2.40. The molecule has 1 aromatic carbocycles. The van der Waals surface area contributed by atoms with E-state index in [1.54, 1.807) is 18.2 Å². The van der Waals surface area contributed by atoms with Gasteiger partial charge in [0.05, 0.1) is 0 Å². The number of amides is 1. The SMILES string of the molecule is CNC(=O)Oc1cccc2c1OC(C)(C(C)(C)C)O2. The molecule has 1 aromatic rings. The van der Waals surface area contributed by atoms with Gasteiger partial charge in [0.25, 0.3) is 5.79 Å². The molecule has 1 amide bonds. The van der Waals surface area contributed by atoms with Crippen molar-refractivity contribution in [1.29, 1.82) is 0 Å². The molecule has 0 fully saturated rings. The van der Waals surface area contributed by atoms with E-state index in [0.717, 1.165) is 0 Å². The van der Waals surface area contributed by atoms with Gasteiger partial charge in [0.2, 0.25) is 5.75 Å². The van der Waals surface area contributed by atoms with E-state index in [4.69, 9.17) is 14.2 Å². The minimum atomic E-state index is -0.794. The summed E-state index contributed by atoms with van der Waals surface area (Å²) in [7, 11) is 1.50. The summed E-state index contributed by atoms with van der Waals surface area (Å²) in [6, 6.07) is 5.23. The Morgan fingerprint density at radius 2 is 2.00 bits per heavy atom. The lowest BCUT2D eigenvalue weighted by Crippen LogP contribution is -2.47. The van der Waals surface area contributed by atoms with E-state index in [-0.39, 0.29) is 5.41 Å². The van der Waals surface area contributed by atoms with Crippen molar-refractivity contribution in [2.24, 2.45) is 5.41 Å². The van der Waals surface area contributed by atoms with Crippen molar-refractivity contribution in [3.63, 3.8) is 0 Å². The van der Waals surface area contributed by atoms with Crippen molar-refractivity contribution in [2.75, 3.05) is 7.05 Å². The van der Waals surface area contributed by atoms with Gasteiger partial charge in [0.1, 0.15) is 0 Å². The van der Waals surface area contributed by atoms with E-state index in [9.17, 15) is 4.79 Å².